The Morgan fingerprint density at radius 1 is 0.981 bits per heavy atom. The van der Waals surface area contributed by atoms with Gasteiger partial charge in [-0.2, -0.15) is 18.4 Å². The number of rotatable bonds is 18. The maximum absolute atomic E-state index is 13.6. The number of hydrogen-bond donors (Lipinski definition) is 0. The van der Waals surface area contributed by atoms with Gasteiger partial charge < -0.3 is 23.8 Å². The number of alkyl halides is 3. The molecule has 7 rings (SSSR count). The zero-order chi connectivity index (χ0) is 37.8. The molecule has 4 bridgehead atoms. The SMILES string of the molecule is CC1(C)C(=O)N(c2ccc(C#N)c(C(F)(F)F)c2)C(=S)N1CCCn1cc(COCCOCCOCCOC(=O)CC23CC4CC(CC(C4)C2)C3)nn1. The lowest BCUT2D eigenvalue weighted by molar-refractivity contribution is -0.153. The van der Waals surface area contributed by atoms with Gasteiger partial charge in [0.25, 0.3) is 5.91 Å². The van der Waals surface area contributed by atoms with Gasteiger partial charge in [0, 0.05) is 13.1 Å². The number of carbonyl (C=O) groups excluding carboxylic acids is 2. The Hall–Kier alpha value is -3.65. The largest absolute Gasteiger partial charge is 0.463 e. The van der Waals surface area contributed by atoms with Crippen LogP contribution in [0.15, 0.2) is 24.4 Å². The van der Waals surface area contributed by atoms with Crippen molar-refractivity contribution in [3.8, 4) is 6.07 Å². The summed E-state index contributed by atoms with van der Waals surface area (Å²) in [4.78, 5) is 28.6. The third-order valence-corrected chi connectivity index (χ3v) is 11.4. The van der Waals surface area contributed by atoms with Crippen LogP contribution in [-0.4, -0.2) is 88.6 Å². The first-order chi connectivity index (χ1) is 25.3. The van der Waals surface area contributed by atoms with Crippen LogP contribution in [0.2, 0.25) is 0 Å². The van der Waals surface area contributed by atoms with Crippen LogP contribution in [0, 0.1) is 34.5 Å². The van der Waals surface area contributed by atoms with Crippen molar-refractivity contribution in [2.75, 3.05) is 51.1 Å². The number of nitrogens with zero attached hydrogens (tertiary/aromatic N) is 6. The van der Waals surface area contributed by atoms with Crippen LogP contribution in [0.25, 0.3) is 0 Å². The summed E-state index contributed by atoms with van der Waals surface area (Å²) in [6.45, 7) is 6.47. The molecule has 12 nitrogen and oxygen atoms in total. The molecule has 2 aromatic rings. The average Bonchev–Trinajstić information content (AvgIpc) is 3.61. The van der Waals surface area contributed by atoms with E-state index in [0.29, 0.717) is 64.7 Å². The minimum absolute atomic E-state index is 0.0437. The molecule has 4 aliphatic carbocycles. The fourth-order valence-electron chi connectivity index (χ4n) is 9.04. The molecule has 53 heavy (non-hydrogen) atoms. The van der Waals surface area contributed by atoms with Gasteiger partial charge in [-0.05, 0) is 112 Å². The Labute approximate surface area is 312 Å². The minimum Gasteiger partial charge on any atom is -0.463 e. The highest BCUT2D eigenvalue weighted by atomic mass is 32.1. The molecule has 1 amide bonds. The minimum atomic E-state index is -4.76. The normalized spacial score (nSPS) is 24.6. The molecule has 1 aromatic carbocycles. The third-order valence-electron chi connectivity index (χ3n) is 11.0. The molecule has 1 aliphatic heterocycles. The second-order valence-electron chi connectivity index (χ2n) is 15.4. The Bertz CT molecular complexity index is 1660. The molecule has 288 valence electrons. The number of carbonyl (C=O) groups is 2. The number of anilines is 1. The van der Waals surface area contributed by atoms with Crippen LogP contribution in [-0.2, 0) is 47.9 Å². The van der Waals surface area contributed by atoms with Crippen LogP contribution >= 0.6 is 12.2 Å². The molecule has 16 heteroatoms. The molecule has 0 unspecified atom stereocenters. The molecule has 2 heterocycles. The third kappa shape index (κ3) is 9.18. The highest BCUT2D eigenvalue weighted by Crippen LogP contribution is 2.61. The lowest BCUT2D eigenvalue weighted by atomic mass is 9.49. The van der Waals surface area contributed by atoms with E-state index in [4.69, 9.17) is 36.4 Å². The Balaban J connectivity index is 0.820. The van der Waals surface area contributed by atoms with Gasteiger partial charge in [0.05, 0.1) is 75.1 Å². The lowest BCUT2D eigenvalue weighted by Crippen LogP contribution is -2.47. The molecule has 0 atom stereocenters. The van der Waals surface area contributed by atoms with E-state index in [9.17, 15) is 22.8 Å². The van der Waals surface area contributed by atoms with Crippen LogP contribution in [0.5, 0.6) is 0 Å². The van der Waals surface area contributed by atoms with E-state index in [1.54, 1.807) is 35.7 Å². The van der Waals surface area contributed by atoms with Gasteiger partial charge in [-0.3, -0.25) is 19.2 Å². The van der Waals surface area contributed by atoms with Crippen molar-refractivity contribution in [3.63, 3.8) is 0 Å². The van der Waals surface area contributed by atoms with Crippen molar-refractivity contribution in [2.24, 2.45) is 23.2 Å². The zero-order valence-electron chi connectivity index (χ0n) is 30.2. The van der Waals surface area contributed by atoms with Crippen LogP contribution < -0.4 is 4.90 Å². The fourth-order valence-corrected chi connectivity index (χ4v) is 9.55. The molecule has 1 aromatic heterocycles. The molecule has 5 aliphatic rings. The van der Waals surface area contributed by atoms with Gasteiger partial charge >= 0.3 is 12.1 Å². The Kier molecular flexibility index (Phi) is 12.1. The van der Waals surface area contributed by atoms with E-state index in [2.05, 4.69) is 10.3 Å². The van der Waals surface area contributed by atoms with E-state index >= 15 is 0 Å². The second-order valence-corrected chi connectivity index (χ2v) is 15.8. The molecular weight excluding hydrogens is 714 g/mol. The summed E-state index contributed by atoms with van der Waals surface area (Å²) in [5.74, 6) is 1.89. The maximum atomic E-state index is 13.6. The average molecular weight is 761 g/mol. The highest BCUT2D eigenvalue weighted by molar-refractivity contribution is 7.80. The topological polar surface area (TPSA) is 132 Å². The van der Waals surface area contributed by atoms with Gasteiger partial charge in [-0.1, -0.05) is 5.21 Å². The maximum Gasteiger partial charge on any atom is 0.417 e. The number of thiocarbonyl (C=S) groups is 1. The van der Waals surface area contributed by atoms with Crippen molar-refractivity contribution >= 4 is 34.9 Å². The van der Waals surface area contributed by atoms with Gasteiger partial charge in [0.15, 0.2) is 5.11 Å². The summed E-state index contributed by atoms with van der Waals surface area (Å²) in [5.41, 5.74) is -1.98. The molecule has 0 radical (unpaired) electrons. The predicted octanol–water partition coefficient (Wildman–Crippen LogP) is 5.67. The number of amides is 1. The van der Waals surface area contributed by atoms with Gasteiger partial charge in [-0.25, -0.2) is 0 Å². The second kappa shape index (κ2) is 16.4. The molecule has 5 fully saturated rings. The van der Waals surface area contributed by atoms with E-state index in [1.165, 1.54) is 44.6 Å². The van der Waals surface area contributed by atoms with Crippen LogP contribution in [0.1, 0.15) is 82.0 Å². The van der Waals surface area contributed by atoms with Crippen LogP contribution in [0.3, 0.4) is 0 Å². The molecular formula is C37H47F3N6O6S. The van der Waals surface area contributed by atoms with Gasteiger partial charge in [-0.15, -0.1) is 5.10 Å². The van der Waals surface area contributed by atoms with E-state index < -0.39 is 28.7 Å². The van der Waals surface area contributed by atoms with E-state index in [0.717, 1.165) is 34.8 Å². The van der Waals surface area contributed by atoms with Gasteiger partial charge in [0.1, 0.15) is 17.8 Å². The molecule has 1 saturated heterocycles. The Morgan fingerprint density at radius 2 is 1.60 bits per heavy atom. The number of aromatic nitrogens is 3. The smallest absolute Gasteiger partial charge is 0.417 e. The van der Waals surface area contributed by atoms with Crippen molar-refractivity contribution in [3.05, 3.63) is 41.2 Å². The first-order valence-electron chi connectivity index (χ1n) is 18.3. The number of benzene rings is 1. The van der Waals surface area contributed by atoms with Crippen molar-refractivity contribution in [1.29, 1.82) is 5.26 Å². The number of ether oxygens (including phenoxy) is 4. The molecule has 4 saturated carbocycles. The number of nitriles is 1. The number of aryl methyl sites for hydroxylation is 1. The summed E-state index contributed by atoms with van der Waals surface area (Å²) in [5, 5.41) is 17.5. The summed E-state index contributed by atoms with van der Waals surface area (Å²) < 4.78 is 64.6. The summed E-state index contributed by atoms with van der Waals surface area (Å²) in [6.07, 6.45) is 5.73. The summed E-state index contributed by atoms with van der Waals surface area (Å²) in [6, 6.07) is 4.67. The number of hydrogen-bond acceptors (Lipinski definition) is 10. The Morgan fingerprint density at radius 3 is 2.23 bits per heavy atom. The number of esters is 1. The van der Waals surface area contributed by atoms with E-state index in [-0.39, 0.29) is 35.4 Å². The standard InChI is InChI=1S/C37H47F3N6O6S/c1-35(2)33(48)46(30-5-4-28(22-41)31(17-30)37(38,39)40)34(53)45(35)7-3-6-44-23-29(42-43-44)24-51-11-10-49-8-9-50-12-13-52-32(47)21-36-18-25-14-26(19-36)16-27(15-25)20-36/h4-5,17,23,25-27H,3,6-16,18-21,24H2,1-2H3. The molecule has 0 N–H and O–H groups in total. The van der Waals surface area contributed by atoms with Crippen molar-refractivity contribution in [2.45, 2.75) is 90.1 Å². The van der Waals surface area contributed by atoms with Gasteiger partial charge in [0.2, 0.25) is 0 Å². The fraction of sp³-hybridized carbons (Fsp3) is 0.676. The number of halogens is 3. The highest BCUT2D eigenvalue weighted by Gasteiger charge is 2.52. The molecule has 0 spiro atoms. The predicted molar refractivity (Wildman–Crippen MR) is 189 cm³/mol. The summed E-state index contributed by atoms with van der Waals surface area (Å²) >= 11 is 5.56. The van der Waals surface area contributed by atoms with Crippen molar-refractivity contribution < 1.29 is 41.7 Å². The first-order valence-corrected chi connectivity index (χ1v) is 18.7. The van der Waals surface area contributed by atoms with Crippen molar-refractivity contribution in [1.82, 2.24) is 19.9 Å². The van der Waals surface area contributed by atoms with E-state index in [1.807, 2.05) is 0 Å². The van der Waals surface area contributed by atoms with Crippen LogP contribution in [0.4, 0.5) is 18.9 Å². The quantitative estimate of drug-likeness (QED) is 0.106. The summed E-state index contributed by atoms with van der Waals surface area (Å²) in [7, 11) is 0. The zero-order valence-corrected chi connectivity index (χ0v) is 31.1. The first kappa shape index (κ1) is 39.1. The monoisotopic (exact) mass is 760 g/mol. The lowest BCUT2D eigenvalue weighted by Gasteiger charge is -2.56.